The molecule has 2 heterocycles. The van der Waals surface area contributed by atoms with Gasteiger partial charge in [-0.3, -0.25) is 4.79 Å². The van der Waals surface area contributed by atoms with Crippen molar-refractivity contribution < 1.29 is 9.18 Å². The van der Waals surface area contributed by atoms with Crippen LogP contribution < -0.4 is 5.43 Å². The predicted octanol–water partition coefficient (Wildman–Crippen LogP) is 1.78. The van der Waals surface area contributed by atoms with Gasteiger partial charge < -0.3 is 9.91 Å². The summed E-state index contributed by atoms with van der Waals surface area (Å²) in [6, 6.07) is 6.30. The molecule has 1 aromatic carbocycles. The molecular formula is C14H16FN3O. The lowest BCUT2D eigenvalue weighted by Crippen LogP contribution is -2.47. The maximum absolute atomic E-state index is 12.9. The summed E-state index contributed by atoms with van der Waals surface area (Å²) < 4.78 is 12.9. The van der Waals surface area contributed by atoms with Crippen LogP contribution in [0.2, 0.25) is 0 Å². The summed E-state index contributed by atoms with van der Waals surface area (Å²) >= 11 is 0. The third kappa shape index (κ3) is 2.10. The van der Waals surface area contributed by atoms with Gasteiger partial charge in [-0.25, -0.2) is 9.82 Å². The van der Waals surface area contributed by atoms with Crippen molar-refractivity contribution in [2.24, 2.45) is 0 Å². The Kier molecular flexibility index (Phi) is 2.98. The predicted molar refractivity (Wildman–Crippen MR) is 69.0 cm³/mol. The van der Waals surface area contributed by atoms with Crippen molar-refractivity contribution in [3.05, 3.63) is 48.0 Å². The van der Waals surface area contributed by atoms with Crippen molar-refractivity contribution in [2.75, 3.05) is 6.54 Å². The van der Waals surface area contributed by atoms with Gasteiger partial charge in [0, 0.05) is 18.9 Å². The molecule has 1 aromatic rings. The van der Waals surface area contributed by atoms with Crippen LogP contribution in [-0.4, -0.2) is 28.4 Å². The van der Waals surface area contributed by atoms with Crippen LogP contribution in [0.4, 0.5) is 4.39 Å². The second kappa shape index (κ2) is 4.66. The zero-order valence-corrected chi connectivity index (χ0v) is 10.7. The van der Waals surface area contributed by atoms with E-state index in [1.54, 1.807) is 23.2 Å². The molecule has 0 aliphatic carbocycles. The Hall–Kier alpha value is -1.88. The number of nitrogens with one attached hydrogen (secondary N) is 1. The lowest BCUT2D eigenvalue weighted by Gasteiger charge is -2.31. The van der Waals surface area contributed by atoms with Crippen molar-refractivity contribution in [1.29, 1.82) is 0 Å². The highest BCUT2D eigenvalue weighted by molar-refractivity contribution is 5.84. The molecule has 2 unspecified atom stereocenters. The van der Waals surface area contributed by atoms with Crippen molar-refractivity contribution >= 4 is 5.91 Å². The minimum Gasteiger partial charge on any atom is -0.316 e. The van der Waals surface area contributed by atoms with Crippen LogP contribution in [0.3, 0.4) is 0 Å². The molecule has 2 aliphatic heterocycles. The number of nitrogens with zero attached hydrogens (tertiary/aromatic N) is 2. The normalized spacial score (nSPS) is 25.9. The minimum absolute atomic E-state index is 0.0519. The Morgan fingerprint density at radius 1 is 1.32 bits per heavy atom. The van der Waals surface area contributed by atoms with E-state index in [2.05, 4.69) is 5.43 Å². The summed E-state index contributed by atoms with van der Waals surface area (Å²) in [5, 5.41) is 1.85. The molecule has 0 aromatic heterocycles. The van der Waals surface area contributed by atoms with Crippen LogP contribution in [0.1, 0.15) is 24.9 Å². The molecular weight excluding hydrogens is 245 g/mol. The molecule has 100 valence electrons. The van der Waals surface area contributed by atoms with E-state index in [1.807, 2.05) is 18.1 Å². The van der Waals surface area contributed by atoms with Gasteiger partial charge in [0.15, 0.2) is 0 Å². The van der Waals surface area contributed by atoms with Gasteiger partial charge in [-0.1, -0.05) is 12.1 Å². The van der Waals surface area contributed by atoms with Crippen molar-refractivity contribution in [3.8, 4) is 0 Å². The molecule has 0 saturated carbocycles. The van der Waals surface area contributed by atoms with Crippen molar-refractivity contribution in [2.45, 2.75) is 25.4 Å². The van der Waals surface area contributed by atoms with E-state index in [9.17, 15) is 9.18 Å². The minimum atomic E-state index is -0.243. The topological polar surface area (TPSA) is 35.6 Å². The fraction of sp³-hybridized carbons (Fsp3) is 0.357. The van der Waals surface area contributed by atoms with E-state index in [-0.39, 0.29) is 23.8 Å². The first-order chi connectivity index (χ1) is 9.19. The molecule has 1 fully saturated rings. The largest absolute Gasteiger partial charge is 0.316 e. The van der Waals surface area contributed by atoms with E-state index in [0.29, 0.717) is 13.0 Å². The maximum atomic E-state index is 12.9. The van der Waals surface area contributed by atoms with Crippen LogP contribution in [0.25, 0.3) is 0 Å². The molecule has 3 rings (SSSR count). The zero-order chi connectivity index (χ0) is 13.4. The number of carbonyl (C=O) groups is 1. The van der Waals surface area contributed by atoms with Gasteiger partial charge in [0.2, 0.25) is 0 Å². The van der Waals surface area contributed by atoms with E-state index < -0.39 is 0 Å². The number of rotatable bonds is 2. The monoisotopic (exact) mass is 261 g/mol. The van der Waals surface area contributed by atoms with Gasteiger partial charge in [0.1, 0.15) is 11.9 Å². The van der Waals surface area contributed by atoms with E-state index in [1.165, 1.54) is 12.1 Å². The highest BCUT2D eigenvalue weighted by Gasteiger charge is 2.39. The molecule has 1 amide bonds. The SMILES string of the molecule is CCN1C=CN2NC(c3ccc(F)cc3)CC2C1=O. The highest BCUT2D eigenvalue weighted by atomic mass is 19.1. The van der Waals surface area contributed by atoms with E-state index in [4.69, 9.17) is 0 Å². The van der Waals surface area contributed by atoms with Gasteiger partial charge in [0.05, 0.1) is 6.04 Å². The van der Waals surface area contributed by atoms with Gasteiger partial charge in [0.25, 0.3) is 5.91 Å². The first kappa shape index (κ1) is 12.2. The van der Waals surface area contributed by atoms with Gasteiger partial charge >= 0.3 is 0 Å². The van der Waals surface area contributed by atoms with Crippen LogP contribution in [0.15, 0.2) is 36.7 Å². The number of likely N-dealkylation sites (N-methyl/N-ethyl adjacent to an activating group) is 1. The van der Waals surface area contributed by atoms with Crippen LogP contribution in [0, 0.1) is 5.82 Å². The number of fused-ring (bicyclic) bond motifs is 1. The Bertz CT molecular complexity index is 514. The number of amides is 1. The molecule has 2 aliphatic rings. The maximum Gasteiger partial charge on any atom is 0.250 e. The number of benzene rings is 1. The quantitative estimate of drug-likeness (QED) is 0.881. The van der Waals surface area contributed by atoms with Crippen LogP contribution in [0.5, 0.6) is 0 Å². The smallest absolute Gasteiger partial charge is 0.250 e. The Balaban J connectivity index is 1.79. The second-order valence-electron chi connectivity index (χ2n) is 4.81. The summed E-state index contributed by atoms with van der Waals surface area (Å²) in [6.07, 6.45) is 4.38. The fourth-order valence-corrected chi connectivity index (χ4v) is 2.61. The van der Waals surface area contributed by atoms with Crippen LogP contribution >= 0.6 is 0 Å². The Morgan fingerprint density at radius 2 is 2.05 bits per heavy atom. The van der Waals surface area contributed by atoms with E-state index in [0.717, 1.165) is 5.56 Å². The molecule has 19 heavy (non-hydrogen) atoms. The molecule has 0 spiro atoms. The third-order valence-electron chi connectivity index (χ3n) is 3.69. The molecule has 0 bridgehead atoms. The van der Waals surface area contributed by atoms with Crippen molar-refractivity contribution in [1.82, 2.24) is 15.3 Å². The molecule has 5 heteroatoms. The van der Waals surface area contributed by atoms with Gasteiger partial charge in [-0.05, 0) is 31.0 Å². The average Bonchev–Trinajstić information content (AvgIpc) is 2.85. The number of hydrazine groups is 1. The Labute approximate surface area is 111 Å². The molecule has 1 N–H and O–H groups in total. The zero-order valence-electron chi connectivity index (χ0n) is 10.7. The highest BCUT2D eigenvalue weighted by Crippen LogP contribution is 2.30. The van der Waals surface area contributed by atoms with Gasteiger partial charge in [-0.15, -0.1) is 0 Å². The second-order valence-corrected chi connectivity index (χ2v) is 4.81. The van der Waals surface area contributed by atoms with E-state index >= 15 is 0 Å². The van der Waals surface area contributed by atoms with Crippen LogP contribution in [-0.2, 0) is 4.79 Å². The summed E-state index contributed by atoms with van der Waals surface area (Å²) in [7, 11) is 0. The molecule has 2 atom stereocenters. The standard InChI is InChI=1S/C14H16FN3O/c1-2-17-7-8-18-13(14(17)19)9-12(16-18)10-3-5-11(15)6-4-10/h3-8,12-13,16H,2,9H2,1H3. The lowest BCUT2D eigenvalue weighted by molar-refractivity contribution is -0.134. The first-order valence-electron chi connectivity index (χ1n) is 6.48. The average molecular weight is 261 g/mol. The number of hydrogen-bond acceptors (Lipinski definition) is 3. The summed E-state index contributed by atoms with van der Waals surface area (Å²) in [5.41, 5.74) is 4.28. The summed E-state index contributed by atoms with van der Waals surface area (Å²) in [6.45, 7) is 2.64. The molecule has 0 radical (unpaired) electrons. The molecule has 1 saturated heterocycles. The number of halogens is 1. The first-order valence-corrected chi connectivity index (χ1v) is 6.48. The fourth-order valence-electron chi connectivity index (χ4n) is 2.61. The lowest BCUT2D eigenvalue weighted by atomic mass is 10.0. The van der Waals surface area contributed by atoms with Gasteiger partial charge in [-0.2, -0.15) is 0 Å². The summed E-state index contributed by atoms with van der Waals surface area (Å²) in [5.74, 6) is -0.130. The Morgan fingerprint density at radius 3 is 2.74 bits per heavy atom. The summed E-state index contributed by atoms with van der Waals surface area (Å²) in [4.78, 5) is 13.9. The van der Waals surface area contributed by atoms with Crippen molar-refractivity contribution in [3.63, 3.8) is 0 Å². The number of hydrogen-bond donors (Lipinski definition) is 1. The molecule has 4 nitrogen and oxygen atoms in total. The third-order valence-corrected chi connectivity index (χ3v) is 3.69. The number of carbonyl (C=O) groups excluding carboxylic acids is 1.